The first kappa shape index (κ1) is 14.6. The van der Waals surface area contributed by atoms with Gasteiger partial charge in [0.05, 0.1) is 13.3 Å². The van der Waals surface area contributed by atoms with Crippen molar-refractivity contribution in [3.05, 3.63) is 46.8 Å². The Labute approximate surface area is 120 Å². The summed E-state index contributed by atoms with van der Waals surface area (Å²) in [6.45, 7) is 8.12. The van der Waals surface area contributed by atoms with E-state index in [2.05, 4.69) is 11.2 Å². The molecule has 2 rings (SSSR count). The fourth-order valence-electron chi connectivity index (χ4n) is 2.51. The van der Waals surface area contributed by atoms with Crippen LogP contribution < -0.4 is 4.74 Å². The van der Waals surface area contributed by atoms with Gasteiger partial charge in [0, 0.05) is 6.04 Å². The Bertz CT molecular complexity index is 582. The van der Waals surface area contributed by atoms with Crippen molar-refractivity contribution in [3.63, 3.8) is 0 Å². The standard InChI is InChI=1S/C16H22N2O2/c1-10(2)18-15(14(20-5)9-17-18)16(19)13-7-11(3)6-12(4)8-13/h6-10,16,19H,1-5H3. The van der Waals surface area contributed by atoms with E-state index < -0.39 is 6.10 Å². The summed E-state index contributed by atoms with van der Waals surface area (Å²) in [7, 11) is 1.60. The van der Waals surface area contributed by atoms with Gasteiger partial charge >= 0.3 is 0 Å². The van der Waals surface area contributed by atoms with E-state index in [1.165, 1.54) is 0 Å². The molecule has 2 aromatic rings. The molecule has 4 heteroatoms. The van der Waals surface area contributed by atoms with Crippen LogP contribution in [0, 0.1) is 13.8 Å². The number of benzene rings is 1. The second-order valence-electron chi connectivity index (χ2n) is 5.46. The molecular formula is C16H22N2O2. The van der Waals surface area contributed by atoms with Gasteiger partial charge in [0.2, 0.25) is 0 Å². The minimum absolute atomic E-state index is 0.162. The average Bonchev–Trinajstić information content (AvgIpc) is 2.80. The fraction of sp³-hybridized carbons (Fsp3) is 0.438. The van der Waals surface area contributed by atoms with Crippen molar-refractivity contribution >= 4 is 0 Å². The molecule has 1 unspecified atom stereocenters. The van der Waals surface area contributed by atoms with Gasteiger partial charge in [-0.1, -0.05) is 29.3 Å². The van der Waals surface area contributed by atoms with Gasteiger partial charge in [0.25, 0.3) is 0 Å². The van der Waals surface area contributed by atoms with Crippen molar-refractivity contribution in [2.24, 2.45) is 0 Å². The fourth-order valence-corrected chi connectivity index (χ4v) is 2.51. The summed E-state index contributed by atoms with van der Waals surface area (Å²) < 4.78 is 7.14. The average molecular weight is 274 g/mol. The molecule has 0 fully saturated rings. The molecule has 0 saturated carbocycles. The van der Waals surface area contributed by atoms with E-state index in [9.17, 15) is 5.11 Å². The maximum Gasteiger partial charge on any atom is 0.163 e. The molecule has 4 nitrogen and oxygen atoms in total. The van der Waals surface area contributed by atoms with E-state index in [4.69, 9.17) is 4.74 Å². The van der Waals surface area contributed by atoms with E-state index >= 15 is 0 Å². The Morgan fingerprint density at radius 3 is 2.25 bits per heavy atom. The third-order valence-electron chi connectivity index (χ3n) is 3.33. The predicted molar refractivity (Wildman–Crippen MR) is 79.1 cm³/mol. The number of rotatable bonds is 4. The molecule has 1 heterocycles. The molecule has 0 bridgehead atoms. The molecule has 0 saturated heterocycles. The van der Waals surface area contributed by atoms with Gasteiger partial charge in [-0.2, -0.15) is 5.10 Å². The molecule has 0 aliphatic heterocycles. The van der Waals surface area contributed by atoms with Crippen molar-refractivity contribution in [1.29, 1.82) is 0 Å². The highest BCUT2D eigenvalue weighted by molar-refractivity contribution is 5.38. The third kappa shape index (κ3) is 2.70. The maximum absolute atomic E-state index is 10.7. The predicted octanol–water partition coefficient (Wildman–Crippen LogP) is 3.17. The van der Waals surface area contributed by atoms with Crippen LogP contribution in [0.2, 0.25) is 0 Å². The normalized spacial score (nSPS) is 12.8. The third-order valence-corrected chi connectivity index (χ3v) is 3.33. The summed E-state index contributed by atoms with van der Waals surface area (Å²) >= 11 is 0. The van der Waals surface area contributed by atoms with Crippen molar-refractivity contribution in [2.45, 2.75) is 39.8 Å². The van der Waals surface area contributed by atoms with Crippen LogP contribution >= 0.6 is 0 Å². The highest BCUT2D eigenvalue weighted by atomic mass is 16.5. The molecule has 1 aromatic carbocycles. The number of methoxy groups -OCH3 is 1. The Balaban J connectivity index is 2.51. The lowest BCUT2D eigenvalue weighted by molar-refractivity contribution is 0.199. The Morgan fingerprint density at radius 2 is 1.75 bits per heavy atom. The highest BCUT2D eigenvalue weighted by Gasteiger charge is 2.23. The summed E-state index contributed by atoms with van der Waals surface area (Å²) in [6.07, 6.45) is 0.912. The van der Waals surface area contributed by atoms with Gasteiger partial charge in [-0.25, -0.2) is 0 Å². The largest absolute Gasteiger partial charge is 0.493 e. The molecule has 0 aliphatic carbocycles. The van der Waals surface area contributed by atoms with E-state index in [-0.39, 0.29) is 6.04 Å². The van der Waals surface area contributed by atoms with Crippen LogP contribution in [0.25, 0.3) is 0 Å². The molecule has 20 heavy (non-hydrogen) atoms. The Morgan fingerprint density at radius 1 is 1.15 bits per heavy atom. The molecule has 108 valence electrons. The zero-order valence-corrected chi connectivity index (χ0v) is 12.7. The van der Waals surface area contributed by atoms with Gasteiger partial charge < -0.3 is 9.84 Å². The summed E-state index contributed by atoms with van der Waals surface area (Å²) in [6, 6.07) is 6.24. The second-order valence-corrected chi connectivity index (χ2v) is 5.46. The van der Waals surface area contributed by atoms with Gasteiger partial charge in [0.15, 0.2) is 5.75 Å². The summed E-state index contributed by atoms with van der Waals surface area (Å²) in [5.41, 5.74) is 3.83. The van der Waals surface area contributed by atoms with Crippen molar-refractivity contribution in [1.82, 2.24) is 9.78 Å². The Hall–Kier alpha value is -1.81. The monoisotopic (exact) mass is 274 g/mol. The van der Waals surface area contributed by atoms with Gasteiger partial charge in [0.1, 0.15) is 11.8 Å². The first-order valence-corrected chi connectivity index (χ1v) is 6.81. The number of hydrogen-bond acceptors (Lipinski definition) is 3. The number of nitrogens with zero attached hydrogens (tertiary/aromatic N) is 2. The first-order valence-electron chi connectivity index (χ1n) is 6.81. The molecule has 0 amide bonds. The summed E-state index contributed by atoms with van der Waals surface area (Å²) in [5, 5.41) is 15.0. The smallest absolute Gasteiger partial charge is 0.163 e. The van der Waals surface area contributed by atoms with E-state index in [1.54, 1.807) is 18.0 Å². The molecule has 1 atom stereocenters. The number of aliphatic hydroxyl groups is 1. The van der Waals surface area contributed by atoms with E-state index in [0.29, 0.717) is 11.4 Å². The molecule has 1 N–H and O–H groups in total. The quantitative estimate of drug-likeness (QED) is 0.931. The number of aromatic nitrogens is 2. The molecule has 0 radical (unpaired) electrons. The van der Waals surface area contributed by atoms with Crippen LogP contribution in [0.1, 0.15) is 48.4 Å². The Kier molecular flexibility index (Phi) is 4.14. The lowest BCUT2D eigenvalue weighted by Crippen LogP contribution is -2.13. The number of aryl methyl sites for hydroxylation is 2. The molecule has 0 aliphatic rings. The lowest BCUT2D eigenvalue weighted by atomic mass is 10.0. The van der Waals surface area contributed by atoms with Crippen LogP contribution in [0.4, 0.5) is 0 Å². The SMILES string of the molecule is COc1cnn(C(C)C)c1C(O)c1cc(C)cc(C)c1. The van der Waals surface area contributed by atoms with Gasteiger partial charge in [-0.05, 0) is 33.3 Å². The summed E-state index contributed by atoms with van der Waals surface area (Å²) in [5.74, 6) is 0.616. The molecular weight excluding hydrogens is 252 g/mol. The minimum atomic E-state index is -0.742. The van der Waals surface area contributed by atoms with Gasteiger partial charge in [-0.3, -0.25) is 4.68 Å². The molecule has 1 aromatic heterocycles. The molecule has 0 spiro atoms. The van der Waals surface area contributed by atoms with Crippen LogP contribution in [-0.2, 0) is 0 Å². The maximum atomic E-state index is 10.7. The van der Waals surface area contributed by atoms with Crippen molar-refractivity contribution < 1.29 is 9.84 Å². The lowest BCUT2D eigenvalue weighted by Gasteiger charge is -2.18. The minimum Gasteiger partial charge on any atom is -0.493 e. The van der Waals surface area contributed by atoms with E-state index in [1.807, 2.05) is 39.8 Å². The van der Waals surface area contributed by atoms with Crippen molar-refractivity contribution in [2.75, 3.05) is 7.11 Å². The number of hydrogen-bond donors (Lipinski definition) is 1. The topological polar surface area (TPSA) is 47.3 Å². The highest BCUT2D eigenvalue weighted by Crippen LogP contribution is 2.32. The van der Waals surface area contributed by atoms with Crippen LogP contribution in [0.5, 0.6) is 5.75 Å². The van der Waals surface area contributed by atoms with Crippen LogP contribution in [0.3, 0.4) is 0 Å². The number of aliphatic hydroxyl groups excluding tert-OH is 1. The number of ether oxygens (including phenoxy) is 1. The van der Waals surface area contributed by atoms with E-state index in [0.717, 1.165) is 16.7 Å². The second kappa shape index (κ2) is 5.67. The first-order chi connectivity index (χ1) is 9.43. The van der Waals surface area contributed by atoms with Gasteiger partial charge in [-0.15, -0.1) is 0 Å². The zero-order chi connectivity index (χ0) is 14.9. The zero-order valence-electron chi connectivity index (χ0n) is 12.7. The van der Waals surface area contributed by atoms with Crippen molar-refractivity contribution in [3.8, 4) is 5.75 Å². The van der Waals surface area contributed by atoms with Crippen LogP contribution in [0.15, 0.2) is 24.4 Å². The van der Waals surface area contributed by atoms with Crippen LogP contribution in [-0.4, -0.2) is 22.0 Å². The summed E-state index contributed by atoms with van der Waals surface area (Å²) in [4.78, 5) is 0.